The maximum absolute atomic E-state index is 12.7. The van der Waals surface area contributed by atoms with Gasteiger partial charge in [0.15, 0.2) is 0 Å². The minimum atomic E-state index is -0.117. The van der Waals surface area contributed by atoms with Crippen molar-refractivity contribution in [3.05, 3.63) is 17.5 Å². The van der Waals surface area contributed by atoms with E-state index in [9.17, 15) is 4.79 Å². The molecule has 146 valence electrons. The topological polar surface area (TPSA) is 69.0 Å². The predicted molar refractivity (Wildman–Crippen MR) is 106 cm³/mol. The lowest BCUT2D eigenvalue weighted by Gasteiger charge is -2.47. The fourth-order valence-corrected chi connectivity index (χ4v) is 5.09. The molecule has 0 saturated heterocycles. The van der Waals surface area contributed by atoms with E-state index in [1.165, 1.54) is 0 Å². The third-order valence-corrected chi connectivity index (χ3v) is 6.35. The summed E-state index contributed by atoms with van der Waals surface area (Å²) in [5.41, 5.74) is 0.821. The van der Waals surface area contributed by atoms with Crippen LogP contribution < -0.4 is 5.32 Å². The molecule has 2 bridgehead atoms. The Morgan fingerprint density at radius 2 is 2.00 bits per heavy atom. The fraction of sp³-hybridized carbons (Fsp3) is 0.650. The van der Waals surface area contributed by atoms with E-state index in [1.807, 2.05) is 19.2 Å². The van der Waals surface area contributed by atoms with Crippen molar-refractivity contribution in [2.45, 2.75) is 58.5 Å². The predicted octanol–water partition coefficient (Wildman–Crippen LogP) is 4.45. The molecule has 0 amide bonds. The monoisotopic (exact) mass is 390 g/mol. The van der Waals surface area contributed by atoms with Crippen LogP contribution in [-0.4, -0.2) is 33.2 Å². The molecule has 0 radical (unpaired) electrons. The van der Waals surface area contributed by atoms with Gasteiger partial charge in [0.05, 0.1) is 17.9 Å². The van der Waals surface area contributed by atoms with Gasteiger partial charge in [-0.15, -0.1) is 0 Å². The van der Waals surface area contributed by atoms with Crippen molar-refractivity contribution in [3.8, 4) is 0 Å². The summed E-state index contributed by atoms with van der Waals surface area (Å²) in [7, 11) is 0. The summed E-state index contributed by atoms with van der Waals surface area (Å²) in [6.07, 6.45) is 6.52. The van der Waals surface area contributed by atoms with Gasteiger partial charge in [-0.05, 0) is 76.0 Å². The highest BCUT2D eigenvalue weighted by Crippen LogP contribution is 2.47. The molecule has 2 aromatic heterocycles. The maximum atomic E-state index is 12.7. The molecule has 0 aromatic carbocycles. The summed E-state index contributed by atoms with van der Waals surface area (Å²) in [5, 5.41) is 4.75. The van der Waals surface area contributed by atoms with Crippen LogP contribution in [0.15, 0.2) is 12.3 Å². The summed E-state index contributed by atoms with van der Waals surface area (Å²) in [6.45, 7) is 6.50. The fourth-order valence-electron chi connectivity index (χ4n) is 4.93. The van der Waals surface area contributed by atoms with Crippen molar-refractivity contribution in [1.29, 1.82) is 0 Å². The molecule has 3 fully saturated rings. The number of carbonyl (C=O) groups excluding carboxylic acids is 1. The molecule has 3 saturated carbocycles. The largest absolute Gasteiger partial charge is 0.466 e. The molecule has 2 aromatic rings. The molecule has 3 aliphatic rings. The molecule has 27 heavy (non-hydrogen) atoms. The number of ether oxygens (including phenoxy) is 1. The van der Waals surface area contributed by atoms with Crippen LogP contribution in [-0.2, 0) is 9.53 Å². The lowest BCUT2D eigenvalue weighted by Crippen LogP contribution is -2.52. The SMILES string of the molecule is CCOC(=O)[C@@H]1C2CCC(CC2)[C@H]1Nc1nc(Cl)nc2c1ccn2C(C)C. The number of rotatable bonds is 5. The normalized spacial score (nSPS) is 27.3. The van der Waals surface area contributed by atoms with Gasteiger partial charge in [0.2, 0.25) is 5.28 Å². The lowest BCUT2D eigenvalue weighted by atomic mass is 9.61. The molecule has 5 rings (SSSR count). The molecule has 1 N–H and O–H groups in total. The van der Waals surface area contributed by atoms with E-state index in [0.717, 1.165) is 42.5 Å². The van der Waals surface area contributed by atoms with Crippen LogP contribution in [0.4, 0.5) is 5.82 Å². The second-order valence-electron chi connectivity index (χ2n) is 8.02. The lowest BCUT2D eigenvalue weighted by molar-refractivity contribution is -0.154. The Bertz CT molecular complexity index is 842. The minimum absolute atomic E-state index is 0.0353. The first-order valence-corrected chi connectivity index (χ1v) is 10.3. The highest BCUT2D eigenvalue weighted by molar-refractivity contribution is 6.28. The van der Waals surface area contributed by atoms with Crippen LogP contribution in [0.5, 0.6) is 0 Å². The minimum Gasteiger partial charge on any atom is -0.466 e. The van der Waals surface area contributed by atoms with Gasteiger partial charge in [-0.25, -0.2) is 4.98 Å². The van der Waals surface area contributed by atoms with Crippen LogP contribution in [0.3, 0.4) is 0 Å². The van der Waals surface area contributed by atoms with Crippen molar-refractivity contribution in [3.63, 3.8) is 0 Å². The standard InChI is InChI=1S/C20H27ClN4O2/c1-4-27-19(26)15-12-5-7-13(8-6-12)16(15)22-17-14-9-10-25(11(2)3)18(14)24-20(21)23-17/h9-13,15-16H,4-8H2,1-3H3,(H,22,23,24)/t12?,13?,15-,16-/m1/s1. The van der Waals surface area contributed by atoms with Crippen LogP contribution in [0.2, 0.25) is 5.28 Å². The van der Waals surface area contributed by atoms with E-state index >= 15 is 0 Å². The number of aromatic nitrogens is 3. The molecule has 2 heterocycles. The van der Waals surface area contributed by atoms with Gasteiger partial charge in [0, 0.05) is 18.3 Å². The van der Waals surface area contributed by atoms with Crippen molar-refractivity contribution in [2.75, 3.05) is 11.9 Å². The average Bonchev–Trinajstić information content (AvgIpc) is 3.07. The van der Waals surface area contributed by atoms with Crippen molar-refractivity contribution in [1.82, 2.24) is 14.5 Å². The zero-order chi connectivity index (χ0) is 19.1. The number of nitrogens with zero attached hydrogens (tertiary/aromatic N) is 3. The maximum Gasteiger partial charge on any atom is 0.311 e. The quantitative estimate of drug-likeness (QED) is 0.603. The smallest absolute Gasteiger partial charge is 0.311 e. The van der Waals surface area contributed by atoms with E-state index < -0.39 is 0 Å². The summed E-state index contributed by atoms with van der Waals surface area (Å²) < 4.78 is 7.49. The number of halogens is 1. The van der Waals surface area contributed by atoms with Gasteiger partial charge in [-0.1, -0.05) is 0 Å². The highest BCUT2D eigenvalue weighted by Gasteiger charge is 2.48. The number of carbonyl (C=O) groups is 1. The molecule has 2 atom stereocenters. The highest BCUT2D eigenvalue weighted by atomic mass is 35.5. The number of anilines is 1. The Hall–Kier alpha value is -1.82. The molecule has 6 nitrogen and oxygen atoms in total. The van der Waals surface area contributed by atoms with Crippen molar-refractivity contribution < 1.29 is 9.53 Å². The zero-order valence-corrected chi connectivity index (χ0v) is 16.9. The molecule has 0 aliphatic heterocycles. The van der Waals surface area contributed by atoms with Gasteiger partial charge in [0.25, 0.3) is 0 Å². The van der Waals surface area contributed by atoms with Crippen molar-refractivity contribution >= 4 is 34.4 Å². The first-order valence-electron chi connectivity index (χ1n) is 9.96. The third kappa shape index (κ3) is 3.28. The first-order chi connectivity index (χ1) is 13.0. The average molecular weight is 391 g/mol. The number of esters is 1. The molecular weight excluding hydrogens is 364 g/mol. The van der Waals surface area contributed by atoms with Gasteiger partial charge in [-0.2, -0.15) is 4.98 Å². The zero-order valence-electron chi connectivity index (χ0n) is 16.1. The Balaban J connectivity index is 1.70. The molecule has 0 unspecified atom stereocenters. The second-order valence-corrected chi connectivity index (χ2v) is 8.36. The summed E-state index contributed by atoms with van der Waals surface area (Å²) in [6, 6.07) is 2.33. The van der Waals surface area contributed by atoms with Crippen LogP contribution >= 0.6 is 11.6 Å². The van der Waals surface area contributed by atoms with Crippen molar-refractivity contribution in [2.24, 2.45) is 17.8 Å². The number of hydrogen-bond acceptors (Lipinski definition) is 5. The Labute approximate surface area is 164 Å². The van der Waals surface area contributed by atoms with Gasteiger partial charge < -0.3 is 14.6 Å². The van der Waals surface area contributed by atoms with E-state index in [4.69, 9.17) is 16.3 Å². The Kier molecular flexibility index (Phi) is 5.01. The van der Waals surface area contributed by atoms with Gasteiger partial charge in [-0.3, -0.25) is 4.79 Å². The number of hydrogen-bond donors (Lipinski definition) is 1. The molecule has 0 spiro atoms. The number of fused-ring (bicyclic) bond motifs is 4. The van der Waals surface area contributed by atoms with E-state index in [0.29, 0.717) is 18.4 Å². The van der Waals surface area contributed by atoms with Gasteiger partial charge >= 0.3 is 5.97 Å². The van der Waals surface area contributed by atoms with Crippen LogP contribution in [0.25, 0.3) is 11.0 Å². The van der Waals surface area contributed by atoms with E-state index in [1.54, 1.807) is 0 Å². The second kappa shape index (κ2) is 7.30. The van der Waals surface area contributed by atoms with Gasteiger partial charge in [0.1, 0.15) is 11.5 Å². The summed E-state index contributed by atoms with van der Waals surface area (Å²) in [5.74, 6) is 1.37. The van der Waals surface area contributed by atoms with Crippen LogP contribution in [0.1, 0.15) is 52.5 Å². The first kappa shape index (κ1) is 18.5. The molecule has 7 heteroatoms. The molecule has 3 aliphatic carbocycles. The number of nitrogens with one attached hydrogen (secondary N) is 1. The third-order valence-electron chi connectivity index (χ3n) is 6.18. The summed E-state index contributed by atoms with van der Waals surface area (Å²) >= 11 is 6.24. The van der Waals surface area contributed by atoms with E-state index in [2.05, 4.69) is 33.7 Å². The molecular formula is C20H27ClN4O2. The Morgan fingerprint density at radius 1 is 1.30 bits per heavy atom. The van der Waals surface area contributed by atoms with Crippen LogP contribution in [0, 0.1) is 17.8 Å². The van der Waals surface area contributed by atoms with E-state index in [-0.39, 0.29) is 29.3 Å². The Morgan fingerprint density at radius 3 is 2.67 bits per heavy atom. The summed E-state index contributed by atoms with van der Waals surface area (Å²) in [4.78, 5) is 21.6.